The van der Waals surface area contributed by atoms with E-state index in [-0.39, 0.29) is 159 Å². The minimum Gasteiger partial charge on any atom is -1.00 e. The fraction of sp³-hybridized carbons (Fsp3) is 0.299. The van der Waals surface area contributed by atoms with E-state index in [0.717, 1.165) is 5.56 Å². The normalized spacial score (nSPS) is 21.1. The average Bonchev–Trinajstić information content (AvgIpc) is 1.62. The molecule has 11 heterocycles. The number of aliphatic imine (C=N–C) groups is 1. The predicted molar refractivity (Wildman–Crippen MR) is 363 cm³/mol. The van der Waals surface area contributed by atoms with Crippen LogP contribution in [0, 0.1) is 70.1 Å². The number of ether oxygens (including phenoxy) is 4. The number of amides is 3. The molecule has 3 saturated heterocycles. The topological polar surface area (TPSA) is 356 Å². The van der Waals surface area contributed by atoms with Crippen LogP contribution in [0.15, 0.2) is 130 Å². The van der Waals surface area contributed by atoms with Gasteiger partial charge in [-0.3, -0.25) is 19.2 Å². The zero-order valence-electron chi connectivity index (χ0n) is 57.0. The number of hydrogen-bond donors (Lipinski definition) is 7. The molecular weight excluding hydrogens is 1630 g/mol. The molecule has 29 nitrogen and oxygen atoms in total. The standard InChI is InChI=1S/C28H25F3N6O5S.C22H20F3N5O5S.C17H17F3N4O4S.HI/c1-36-13-22-26(25(36)27(38)33-18-9-19(29)24(31)20(30)10-18)42-15-17-11-37(12-21(17)35-43(22,39)40)28-32-8-7-23(34-28)41-14-16-5-3-2-4-6-16;1-29-9-17-21(20(29)22(32)27-12-4-14(23)19(25)15(24)5-12)35-10-11-7-30(8-16(11)28-36(17,33)34)18-6-13(31)2-3-26-18;1-24-6-13-16(28-7-8-4-21-5-12(8)23-29(13,26)27)15(24)17(25)22-9-2-10(18)14(20)11(19)3-9;/h2-10,13,17,21,35H,11-12,14-15H2,1H3,(H,33,38);2-5,9,11,16,28H,6-8,10H2,1H3,(H,27,32);2-3,6,8,12,21,23H,4-5,7H2,1H3,(H,22,25);1H. The van der Waals surface area contributed by atoms with Crippen LogP contribution in [0.1, 0.15) is 43.4 Å². The summed E-state index contributed by atoms with van der Waals surface area (Å²) in [4.78, 5) is 66.5. The molecule has 0 spiro atoms. The monoisotopic (exact) mass is 1700 g/mol. The van der Waals surface area contributed by atoms with Gasteiger partial charge < -0.3 is 87.7 Å². The number of fused-ring (bicyclic) bond motifs is 6. The lowest BCUT2D eigenvalue weighted by Gasteiger charge is -2.23. The van der Waals surface area contributed by atoms with Gasteiger partial charge in [0, 0.05) is 162 Å². The van der Waals surface area contributed by atoms with Gasteiger partial charge in [0.25, 0.3) is 17.7 Å². The van der Waals surface area contributed by atoms with Crippen LogP contribution in [0.25, 0.3) is 0 Å². The van der Waals surface area contributed by atoms with E-state index >= 15 is 0 Å². The van der Waals surface area contributed by atoms with E-state index < -0.39 is 112 Å². The second-order valence-electron chi connectivity index (χ2n) is 25.9. The number of rotatable bonds is 10. The lowest BCUT2D eigenvalue weighted by atomic mass is 10.1. The molecule has 42 heteroatoms. The molecule has 4 aromatic carbocycles. The van der Waals surface area contributed by atoms with Gasteiger partial charge in [0.15, 0.2) is 92.5 Å². The van der Waals surface area contributed by atoms with Gasteiger partial charge >= 0.3 is 0 Å². The average molecular weight is 1700 g/mol. The largest absolute Gasteiger partial charge is 1.00 e. The molecule has 6 unspecified atom stereocenters. The maximum absolute atomic E-state index is 13.7. The molecule has 0 saturated carbocycles. The number of carbonyl (C=O) groups excluding carboxylic acids is 4. The number of carbonyl (C=O) groups is 4. The number of nitrogens with one attached hydrogen (secondary N) is 6. The molecule has 15 rings (SSSR count). The van der Waals surface area contributed by atoms with Crippen LogP contribution in [0.3, 0.4) is 0 Å². The molecule has 3 amide bonds. The number of hydrogen-bond acceptors (Lipinski definition) is 19. The summed E-state index contributed by atoms with van der Waals surface area (Å²) in [6.07, 6.45) is 8.08. The Kier molecular flexibility index (Phi) is 22.6. The molecule has 3 fully saturated rings. The number of ketones is 1. The van der Waals surface area contributed by atoms with Crippen molar-refractivity contribution >= 4 is 82.4 Å². The molecule has 7 aliphatic heterocycles. The van der Waals surface area contributed by atoms with Crippen molar-refractivity contribution in [2.24, 2.45) is 43.9 Å². The highest BCUT2D eigenvalue weighted by Crippen LogP contribution is 2.39. The number of nitrogens with zero attached hydrogens (tertiary/aromatic N) is 8. The molecule has 8 N–H and O–H groups in total. The van der Waals surface area contributed by atoms with E-state index in [1.54, 1.807) is 12.3 Å². The SMILES string of the molecule is Cn1cc2c(c1C(=O)Nc1cc(F)c(F)c(F)c1)OCC1CN(C3=NC=CC(=O)C3)CC1NS2(=O)=O.Cn1cc2c(c1C(=O)Nc1cc(F)c(F)c(F)c1)OCC1CN(c3nccc(OCc4ccccc4)n3)CC1NS2(=O)=O.Cn1cc2c(c1C(=O)Nc1cc(F)c(F)c(F)c1)OCC1C[NH2+]CC1NS2(=O)=O.[I-]. The number of nitrogens with two attached hydrogens (primary N) is 1. The van der Waals surface area contributed by atoms with Crippen molar-refractivity contribution in [3.8, 4) is 23.1 Å². The highest BCUT2D eigenvalue weighted by atomic mass is 127. The molecule has 578 valence electrons. The van der Waals surface area contributed by atoms with E-state index in [1.807, 2.05) is 45.4 Å². The zero-order valence-corrected chi connectivity index (χ0v) is 61.6. The van der Waals surface area contributed by atoms with E-state index in [2.05, 4.69) is 45.1 Å². The second-order valence-corrected chi connectivity index (χ2v) is 31.0. The number of quaternary nitrogens is 1. The third-order valence-corrected chi connectivity index (χ3v) is 22.9. The first-order valence-electron chi connectivity index (χ1n) is 32.8. The number of allylic oxidation sites excluding steroid dienone is 1. The summed E-state index contributed by atoms with van der Waals surface area (Å²) in [6.45, 7) is 3.09. The number of aryl methyl sites for hydroxylation is 3. The maximum Gasteiger partial charge on any atom is 0.276 e. The highest BCUT2D eigenvalue weighted by Gasteiger charge is 2.46. The minimum absolute atomic E-state index is 0. The van der Waals surface area contributed by atoms with Crippen LogP contribution in [0.2, 0.25) is 0 Å². The number of aromatic nitrogens is 5. The number of sulfonamides is 3. The molecule has 6 atom stereocenters. The van der Waals surface area contributed by atoms with E-state index in [0.29, 0.717) is 86.8 Å². The summed E-state index contributed by atoms with van der Waals surface area (Å²) < 4.78 is 235. The van der Waals surface area contributed by atoms with Crippen molar-refractivity contribution in [1.29, 1.82) is 0 Å². The highest BCUT2D eigenvalue weighted by molar-refractivity contribution is 7.90. The smallest absolute Gasteiger partial charge is 0.276 e. The summed E-state index contributed by atoms with van der Waals surface area (Å²) in [5.74, 6) is -16.8. The first-order chi connectivity index (χ1) is 51.3. The van der Waals surface area contributed by atoms with Crippen molar-refractivity contribution < 1.29 is 132 Å². The first-order valence-corrected chi connectivity index (χ1v) is 37.2. The van der Waals surface area contributed by atoms with Gasteiger partial charge in [-0.25, -0.2) is 88.9 Å². The fourth-order valence-corrected chi connectivity index (χ4v) is 17.7. The molecular formula is C67H63F9IN15O14S3. The van der Waals surface area contributed by atoms with E-state index in [4.69, 9.17) is 18.9 Å². The van der Waals surface area contributed by atoms with Crippen LogP contribution in [-0.4, -0.2) is 160 Å². The van der Waals surface area contributed by atoms with E-state index in [1.165, 1.54) is 65.7 Å². The number of benzene rings is 4. The summed E-state index contributed by atoms with van der Waals surface area (Å²) in [5, 5.41) is 8.73. The molecule has 0 bridgehead atoms. The Hall–Kier alpha value is -10.1. The van der Waals surface area contributed by atoms with Crippen molar-refractivity contribution in [1.82, 2.24) is 42.7 Å². The summed E-state index contributed by atoms with van der Waals surface area (Å²) in [7, 11) is -7.98. The van der Waals surface area contributed by atoms with Gasteiger partial charge in [-0.1, -0.05) is 30.3 Å². The Labute approximate surface area is 631 Å². The number of anilines is 4. The molecule has 0 radical (unpaired) electrons. The maximum atomic E-state index is 13.7. The van der Waals surface area contributed by atoms with Gasteiger partial charge in [0.2, 0.25) is 41.9 Å². The van der Waals surface area contributed by atoms with Crippen LogP contribution in [0.5, 0.6) is 23.1 Å². The van der Waals surface area contributed by atoms with Gasteiger partial charge in [0.05, 0.1) is 51.3 Å². The van der Waals surface area contributed by atoms with Crippen LogP contribution in [-0.2, 0) is 62.6 Å². The number of amidine groups is 1. The minimum atomic E-state index is -4.17. The third-order valence-electron chi connectivity index (χ3n) is 18.4. The summed E-state index contributed by atoms with van der Waals surface area (Å²) >= 11 is 0. The molecule has 8 aromatic rings. The Balaban J connectivity index is 0.000000155. The Bertz CT molecular complexity index is 5320. The van der Waals surface area contributed by atoms with Crippen molar-refractivity contribution in [3.05, 3.63) is 185 Å². The lowest BCUT2D eigenvalue weighted by Crippen LogP contribution is -3.00. The molecule has 4 aromatic heterocycles. The van der Waals surface area contributed by atoms with Crippen molar-refractivity contribution in [2.75, 3.05) is 79.9 Å². The third kappa shape index (κ3) is 16.6. The fourth-order valence-electron chi connectivity index (χ4n) is 13.2. The van der Waals surface area contributed by atoms with Crippen LogP contribution >= 0.6 is 0 Å². The molecule has 7 aliphatic rings. The number of likely N-dealkylation sites (tertiary alicyclic amines) is 1. The Morgan fingerprint density at radius 3 is 1.39 bits per heavy atom. The predicted octanol–water partition coefficient (Wildman–Crippen LogP) is 1.72. The van der Waals surface area contributed by atoms with Gasteiger partial charge in [-0.2, -0.15) is 4.98 Å². The Morgan fingerprint density at radius 2 is 0.954 bits per heavy atom. The van der Waals surface area contributed by atoms with Gasteiger partial charge in [-0.15, -0.1) is 0 Å². The van der Waals surface area contributed by atoms with Gasteiger partial charge in [-0.05, 0) is 11.6 Å². The molecule has 109 heavy (non-hydrogen) atoms. The van der Waals surface area contributed by atoms with Crippen LogP contribution in [0.4, 0.5) is 62.5 Å². The lowest BCUT2D eigenvalue weighted by molar-refractivity contribution is -0.638. The van der Waals surface area contributed by atoms with Crippen LogP contribution < -0.4 is 83.3 Å². The zero-order chi connectivity index (χ0) is 77.0. The quantitative estimate of drug-likeness (QED) is 0.0582. The van der Waals surface area contributed by atoms with E-state index in [9.17, 15) is 83.9 Å². The number of halogens is 10. The van der Waals surface area contributed by atoms with Crippen molar-refractivity contribution in [3.63, 3.8) is 0 Å². The Morgan fingerprint density at radius 1 is 0.550 bits per heavy atom. The van der Waals surface area contributed by atoms with Crippen molar-refractivity contribution in [2.45, 2.75) is 45.8 Å². The second kappa shape index (κ2) is 31.5. The summed E-state index contributed by atoms with van der Waals surface area (Å²) in [5.41, 5.74) is -0.619. The molecule has 0 aliphatic carbocycles. The summed E-state index contributed by atoms with van der Waals surface area (Å²) in [6, 6.07) is 13.5. The van der Waals surface area contributed by atoms with Gasteiger partial charge in [0.1, 0.15) is 27.1 Å². The first kappa shape index (κ1) is 78.5.